The van der Waals surface area contributed by atoms with Crippen LogP contribution in [0.4, 0.5) is 13.2 Å². The van der Waals surface area contributed by atoms with E-state index in [1.165, 1.54) is 11.3 Å². The third-order valence-corrected chi connectivity index (χ3v) is 9.08. The Labute approximate surface area is 226 Å². The highest BCUT2D eigenvalue weighted by Gasteiger charge is 2.42. The van der Waals surface area contributed by atoms with Gasteiger partial charge in [0.1, 0.15) is 12.3 Å². The summed E-state index contributed by atoms with van der Waals surface area (Å²) in [7, 11) is 0. The smallest absolute Gasteiger partial charge is 0.384 e. The second kappa shape index (κ2) is 9.89. The number of oxime groups is 1. The molecule has 1 fully saturated rings. The van der Waals surface area contributed by atoms with E-state index in [0.29, 0.717) is 21.3 Å². The molecule has 1 aliphatic carbocycles. The van der Waals surface area contributed by atoms with Gasteiger partial charge in [-0.05, 0) is 68.4 Å². The predicted octanol–water partition coefficient (Wildman–Crippen LogP) is 6.96. The molecule has 2 aromatic rings. The summed E-state index contributed by atoms with van der Waals surface area (Å²) < 4.78 is 38.3. The molecule has 0 bridgehead atoms. The van der Waals surface area contributed by atoms with Crippen LogP contribution >= 0.6 is 34.5 Å². The van der Waals surface area contributed by atoms with Crippen LogP contribution in [0.3, 0.4) is 0 Å². The summed E-state index contributed by atoms with van der Waals surface area (Å²) in [6.45, 7) is 0.659. The number of hydrogen-bond acceptors (Lipinski definition) is 5. The van der Waals surface area contributed by atoms with Crippen molar-refractivity contribution in [3.63, 3.8) is 0 Å². The minimum absolute atomic E-state index is 0.0182. The van der Waals surface area contributed by atoms with Gasteiger partial charge in [0.05, 0.1) is 9.75 Å². The number of carbonyl (C=O) groups excluding carboxylic acids is 2. The van der Waals surface area contributed by atoms with Gasteiger partial charge in [-0.2, -0.15) is 13.2 Å². The quantitative estimate of drug-likeness (QED) is 0.351. The van der Waals surface area contributed by atoms with Crippen LogP contribution in [0.15, 0.2) is 23.4 Å². The van der Waals surface area contributed by atoms with Gasteiger partial charge in [-0.1, -0.05) is 28.4 Å². The number of benzene rings is 1. The van der Waals surface area contributed by atoms with Gasteiger partial charge >= 0.3 is 6.18 Å². The fraction of sp³-hybridized carbons (Fsp3) is 0.500. The average Bonchev–Trinajstić information content (AvgIpc) is 3.49. The Morgan fingerprint density at radius 3 is 2.54 bits per heavy atom. The number of rotatable bonds is 6. The lowest BCUT2D eigenvalue weighted by Gasteiger charge is -2.22. The summed E-state index contributed by atoms with van der Waals surface area (Å²) in [5.74, 6) is -1.51. The minimum atomic E-state index is -4.45. The second-order valence-corrected chi connectivity index (χ2v) is 12.0. The molecule has 0 saturated carbocycles. The molecule has 0 spiro atoms. The van der Waals surface area contributed by atoms with Crippen molar-refractivity contribution in [3.8, 4) is 0 Å². The Bertz CT molecular complexity index is 1270. The summed E-state index contributed by atoms with van der Waals surface area (Å²) in [6, 6.07) is 5.24. The maximum atomic E-state index is 13.4. The molecular formula is C26H25Cl2F3N2O3S. The van der Waals surface area contributed by atoms with Crippen molar-refractivity contribution >= 4 is 51.9 Å². The molecule has 37 heavy (non-hydrogen) atoms. The zero-order chi connectivity index (χ0) is 26.5. The molecule has 3 heterocycles. The van der Waals surface area contributed by atoms with Crippen LogP contribution in [0.2, 0.25) is 10.0 Å². The Balaban J connectivity index is 1.37. The largest absolute Gasteiger partial charge is 0.406 e. The minimum Gasteiger partial charge on any atom is -0.384 e. The first-order valence-electron chi connectivity index (χ1n) is 12.2. The number of halogens is 5. The highest BCUT2D eigenvalue weighted by Crippen LogP contribution is 2.43. The Kier molecular flexibility index (Phi) is 7.09. The van der Waals surface area contributed by atoms with Crippen LogP contribution in [-0.2, 0) is 28.1 Å². The molecule has 1 aromatic carbocycles. The normalized spacial score (nSPS) is 23.7. The topological polar surface area (TPSA) is 59.0 Å². The third-order valence-electron chi connectivity index (χ3n) is 7.28. The highest BCUT2D eigenvalue weighted by molar-refractivity contribution is 7.16. The molecule has 2 aliphatic heterocycles. The molecule has 198 valence electrons. The number of fused-ring (bicyclic) bond motifs is 1. The van der Waals surface area contributed by atoms with Gasteiger partial charge in [0.15, 0.2) is 11.4 Å². The SMILES string of the molecule is CC1(c2cc(Cl)cc(Cl)c2)CC(c2sc(C(=O)CC3CCN(CC(F)(F)F)C3=O)c3c2CCCC3)=NO1. The highest BCUT2D eigenvalue weighted by atomic mass is 35.5. The zero-order valence-electron chi connectivity index (χ0n) is 20.1. The van der Waals surface area contributed by atoms with Gasteiger partial charge in [-0.15, -0.1) is 11.3 Å². The maximum Gasteiger partial charge on any atom is 0.406 e. The number of ketones is 1. The van der Waals surface area contributed by atoms with Crippen LogP contribution in [0.5, 0.6) is 0 Å². The molecule has 1 aromatic heterocycles. The van der Waals surface area contributed by atoms with E-state index in [9.17, 15) is 22.8 Å². The second-order valence-electron chi connectivity index (χ2n) is 10.1. The first-order valence-corrected chi connectivity index (χ1v) is 13.8. The summed E-state index contributed by atoms with van der Waals surface area (Å²) >= 11 is 13.8. The molecule has 0 radical (unpaired) electrons. The maximum absolute atomic E-state index is 13.4. The number of likely N-dealkylation sites (tertiary alicyclic amines) is 1. The van der Waals surface area contributed by atoms with E-state index in [0.717, 1.165) is 57.9 Å². The van der Waals surface area contributed by atoms with E-state index < -0.39 is 30.1 Å². The van der Waals surface area contributed by atoms with Gasteiger partial charge in [0, 0.05) is 40.9 Å². The lowest BCUT2D eigenvalue weighted by Crippen LogP contribution is -2.36. The van der Waals surface area contributed by atoms with Crippen molar-refractivity contribution in [3.05, 3.63) is 54.7 Å². The van der Waals surface area contributed by atoms with Gasteiger partial charge in [0.2, 0.25) is 5.91 Å². The molecule has 2 atom stereocenters. The van der Waals surface area contributed by atoms with E-state index in [1.54, 1.807) is 18.2 Å². The Morgan fingerprint density at radius 2 is 1.86 bits per heavy atom. The lowest BCUT2D eigenvalue weighted by molar-refractivity contribution is -0.158. The van der Waals surface area contributed by atoms with Crippen molar-refractivity contribution in [2.45, 2.75) is 63.6 Å². The first-order chi connectivity index (χ1) is 17.4. The van der Waals surface area contributed by atoms with Crippen molar-refractivity contribution in [2.24, 2.45) is 11.1 Å². The molecule has 3 aliphatic rings. The van der Waals surface area contributed by atoms with Crippen LogP contribution < -0.4 is 0 Å². The zero-order valence-corrected chi connectivity index (χ0v) is 22.4. The predicted molar refractivity (Wildman–Crippen MR) is 137 cm³/mol. The van der Waals surface area contributed by atoms with Gasteiger partial charge in [-0.25, -0.2) is 0 Å². The van der Waals surface area contributed by atoms with Crippen molar-refractivity contribution in [1.82, 2.24) is 4.90 Å². The molecule has 2 unspecified atom stereocenters. The summed E-state index contributed by atoms with van der Waals surface area (Å²) in [5.41, 5.74) is 2.85. The molecule has 0 N–H and O–H groups in total. The molecule has 1 saturated heterocycles. The molecular weight excluding hydrogens is 548 g/mol. The first kappa shape index (κ1) is 26.5. The summed E-state index contributed by atoms with van der Waals surface area (Å²) in [5, 5.41) is 5.39. The van der Waals surface area contributed by atoms with E-state index >= 15 is 0 Å². The van der Waals surface area contributed by atoms with Crippen LogP contribution in [0.25, 0.3) is 0 Å². The monoisotopic (exact) mass is 572 g/mol. The van der Waals surface area contributed by atoms with Crippen LogP contribution in [0.1, 0.15) is 70.3 Å². The van der Waals surface area contributed by atoms with E-state index in [-0.39, 0.29) is 25.2 Å². The van der Waals surface area contributed by atoms with E-state index in [1.807, 2.05) is 6.92 Å². The van der Waals surface area contributed by atoms with Crippen molar-refractivity contribution < 1.29 is 27.6 Å². The third kappa shape index (κ3) is 5.40. The van der Waals surface area contributed by atoms with E-state index in [2.05, 4.69) is 5.16 Å². The summed E-state index contributed by atoms with van der Waals surface area (Å²) in [4.78, 5) is 34.1. The molecule has 11 heteroatoms. The molecule has 5 nitrogen and oxygen atoms in total. The number of thiophene rings is 1. The number of nitrogens with zero attached hydrogens (tertiary/aromatic N) is 2. The standard InChI is InChI=1S/C26H25Cl2F3N2O3S/c1-25(15-9-16(27)11-17(28)10-15)12-20(32-36-25)22-18-4-2-3-5-19(18)23(37-22)21(34)8-14-6-7-33(24(14)35)13-26(29,30)31/h9-11,14H,2-8,12-13H2,1H3. The average molecular weight is 573 g/mol. The van der Waals surface area contributed by atoms with Crippen LogP contribution in [0, 0.1) is 5.92 Å². The number of hydrogen-bond donors (Lipinski definition) is 0. The Hall–Kier alpha value is -2.10. The lowest BCUT2D eigenvalue weighted by atomic mass is 9.86. The number of amides is 1. The number of alkyl halides is 3. The Morgan fingerprint density at radius 1 is 1.19 bits per heavy atom. The van der Waals surface area contributed by atoms with Gasteiger partial charge < -0.3 is 9.74 Å². The number of Topliss-reactive ketones (excluding diaryl/α,β-unsaturated/α-hetero) is 1. The van der Waals surface area contributed by atoms with E-state index in [4.69, 9.17) is 28.0 Å². The van der Waals surface area contributed by atoms with Crippen molar-refractivity contribution in [1.29, 1.82) is 0 Å². The fourth-order valence-corrected chi connectivity index (χ4v) is 7.30. The summed E-state index contributed by atoms with van der Waals surface area (Å²) in [6.07, 6.45) is -0.303. The number of carbonyl (C=O) groups is 2. The van der Waals surface area contributed by atoms with Crippen molar-refractivity contribution in [2.75, 3.05) is 13.1 Å². The molecule has 5 rings (SSSR count). The van der Waals surface area contributed by atoms with Crippen LogP contribution in [-0.4, -0.2) is 41.6 Å². The fourth-order valence-electron chi connectivity index (χ4n) is 5.45. The van der Waals surface area contributed by atoms with Gasteiger partial charge in [0.25, 0.3) is 0 Å². The van der Waals surface area contributed by atoms with Gasteiger partial charge in [-0.3, -0.25) is 9.59 Å². The molecule has 1 amide bonds.